The molecule has 16 heavy (non-hydrogen) atoms. The van der Waals surface area contributed by atoms with E-state index in [1.807, 2.05) is 6.92 Å². The van der Waals surface area contributed by atoms with Gasteiger partial charge in [-0.1, -0.05) is 5.16 Å². The summed E-state index contributed by atoms with van der Waals surface area (Å²) in [6, 6.07) is 0. The standard InChI is InChI=1S/C10H16N4O2/c1-6-12-8(14-16-6)9(15)13-10(2,5-11)7-3-4-7/h7H,3-5,11H2,1-2H3,(H,13,15). The van der Waals surface area contributed by atoms with Crippen LogP contribution in [0.25, 0.3) is 0 Å². The molecule has 1 fully saturated rings. The van der Waals surface area contributed by atoms with Crippen LogP contribution >= 0.6 is 0 Å². The fourth-order valence-electron chi connectivity index (χ4n) is 1.75. The van der Waals surface area contributed by atoms with Crippen molar-refractivity contribution in [1.29, 1.82) is 0 Å². The van der Waals surface area contributed by atoms with Crippen LogP contribution in [0, 0.1) is 12.8 Å². The molecule has 1 unspecified atom stereocenters. The van der Waals surface area contributed by atoms with Gasteiger partial charge in [-0.15, -0.1) is 0 Å². The van der Waals surface area contributed by atoms with Crippen LogP contribution in [-0.4, -0.2) is 28.1 Å². The highest BCUT2D eigenvalue weighted by atomic mass is 16.5. The van der Waals surface area contributed by atoms with Crippen LogP contribution in [0.3, 0.4) is 0 Å². The quantitative estimate of drug-likeness (QED) is 0.763. The summed E-state index contributed by atoms with van der Waals surface area (Å²) in [7, 11) is 0. The molecule has 88 valence electrons. The van der Waals surface area contributed by atoms with E-state index in [1.165, 1.54) is 0 Å². The Balaban J connectivity index is 2.06. The largest absolute Gasteiger partial charge is 0.342 e. The van der Waals surface area contributed by atoms with Gasteiger partial charge in [0.15, 0.2) is 0 Å². The summed E-state index contributed by atoms with van der Waals surface area (Å²) in [6.07, 6.45) is 2.22. The summed E-state index contributed by atoms with van der Waals surface area (Å²) in [5, 5.41) is 6.46. The Morgan fingerprint density at radius 1 is 1.69 bits per heavy atom. The molecule has 1 aliphatic rings. The number of rotatable bonds is 4. The molecule has 1 aromatic rings. The maximum Gasteiger partial charge on any atom is 0.293 e. The van der Waals surface area contributed by atoms with E-state index >= 15 is 0 Å². The molecular formula is C10H16N4O2. The topological polar surface area (TPSA) is 94.0 Å². The maximum atomic E-state index is 11.8. The van der Waals surface area contributed by atoms with Gasteiger partial charge in [0.1, 0.15) is 0 Å². The van der Waals surface area contributed by atoms with Gasteiger partial charge in [-0.05, 0) is 25.7 Å². The number of nitrogens with one attached hydrogen (secondary N) is 1. The van der Waals surface area contributed by atoms with Gasteiger partial charge in [0.25, 0.3) is 11.7 Å². The van der Waals surface area contributed by atoms with E-state index in [-0.39, 0.29) is 17.3 Å². The van der Waals surface area contributed by atoms with Crippen molar-refractivity contribution >= 4 is 5.91 Å². The molecule has 0 spiro atoms. The monoisotopic (exact) mass is 224 g/mol. The van der Waals surface area contributed by atoms with E-state index in [0.717, 1.165) is 12.8 Å². The zero-order valence-corrected chi connectivity index (χ0v) is 9.49. The first-order valence-electron chi connectivity index (χ1n) is 5.38. The van der Waals surface area contributed by atoms with Gasteiger partial charge in [-0.3, -0.25) is 4.79 Å². The van der Waals surface area contributed by atoms with Gasteiger partial charge in [0, 0.05) is 13.5 Å². The van der Waals surface area contributed by atoms with E-state index < -0.39 is 0 Å². The maximum absolute atomic E-state index is 11.8. The number of nitrogens with two attached hydrogens (primary N) is 1. The average Bonchev–Trinajstić information content (AvgIpc) is 3.02. The molecule has 2 rings (SSSR count). The minimum absolute atomic E-state index is 0.0674. The lowest BCUT2D eigenvalue weighted by atomic mass is 9.96. The molecule has 3 N–H and O–H groups in total. The molecule has 6 heteroatoms. The third-order valence-electron chi connectivity index (χ3n) is 3.03. The van der Waals surface area contributed by atoms with Crippen molar-refractivity contribution < 1.29 is 9.32 Å². The molecule has 0 bridgehead atoms. The van der Waals surface area contributed by atoms with E-state index in [9.17, 15) is 4.79 Å². The van der Waals surface area contributed by atoms with Crippen LogP contribution in [0.2, 0.25) is 0 Å². The highest BCUT2D eigenvalue weighted by Crippen LogP contribution is 2.39. The Labute approximate surface area is 93.6 Å². The smallest absolute Gasteiger partial charge is 0.293 e. The number of hydrogen-bond donors (Lipinski definition) is 2. The third-order valence-corrected chi connectivity index (χ3v) is 3.03. The number of amides is 1. The summed E-state index contributed by atoms with van der Waals surface area (Å²) in [5.41, 5.74) is 5.35. The number of aromatic nitrogens is 2. The molecular weight excluding hydrogens is 208 g/mol. The van der Waals surface area contributed by atoms with Crippen LogP contribution in [-0.2, 0) is 0 Å². The van der Waals surface area contributed by atoms with Gasteiger partial charge in [0.2, 0.25) is 5.89 Å². The molecule has 1 aromatic heterocycles. The van der Waals surface area contributed by atoms with Crippen LogP contribution in [0.5, 0.6) is 0 Å². The van der Waals surface area contributed by atoms with Crippen molar-refractivity contribution in [3.05, 3.63) is 11.7 Å². The van der Waals surface area contributed by atoms with E-state index in [1.54, 1.807) is 6.92 Å². The minimum atomic E-state index is -0.356. The summed E-state index contributed by atoms with van der Waals surface area (Å²) in [5.74, 6) is 0.593. The lowest BCUT2D eigenvalue weighted by molar-refractivity contribution is 0.0884. The summed E-state index contributed by atoms with van der Waals surface area (Å²) in [6.45, 7) is 4.02. The van der Waals surface area contributed by atoms with Gasteiger partial charge in [0.05, 0.1) is 5.54 Å². The first kappa shape index (κ1) is 11.1. The second kappa shape index (κ2) is 3.86. The molecule has 0 radical (unpaired) electrons. The zero-order valence-electron chi connectivity index (χ0n) is 9.49. The van der Waals surface area contributed by atoms with E-state index in [0.29, 0.717) is 18.4 Å². The Morgan fingerprint density at radius 2 is 2.38 bits per heavy atom. The lowest BCUT2D eigenvalue weighted by Gasteiger charge is -2.28. The predicted molar refractivity (Wildman–Crippen MR) is 56.7 cm³/mol. The van der Waals surface area contributed by atoms with Crippen LogP contribution in [0.15, 0.2) is 4.52 Å². The van der Waals surface area contributed by atoms with Gasteiger partial charge < -0.3 is 15.6 Å². The first-order valence-corrected chi connectivity index (χ1v) is 5.38. The van der Waals surface area contributed by atoms with Crippen LogP contribution in [0.4, 0.5) is 0 Å². The van der Waals surface area contributed by atoms with Crippen molar-refractivity contribution in [1.82, 2.24) is 15.5 Å². The zero-order chi connectivity index (χ0) is 11.8. The molecule has 0 aliphatic heterocycles. The van der Waals surface area contributed by atoms with Gasteiger partial charge in [-0.25, -0.2) is 0 Å². The Morgan fingerprint density at radius 3 is 2.81 bits per heavy atom. The highest BCUT2D eigenvalue weighted by Gasteiger charge is 2.42. The lowest BCUT2D eigenvalue weighted by Crippen LogP contribution is -2.53. The normalized spacial score (nSPS) is 19.2. The summed E-state index contributed by atoms with van der Waals surface area (Å²) >= 11 is 0. The number of nitrogens with zero attached hydrogens (tertiary/aromatic N) is 2. The molecule has 0 aromatic carbocycles. The number of hydrogen-bond acceptors (Lipinski definition) is 5. The predicted octanol–water partition coefficient (Wildman–Crippen LogP) is 0.235. The minimum Gasteiger partial charge on any atom is -0.342 e. The number of carbonyl (C=O) groups excluding carboxylic acids is 1. The molecule has 1 heterocycles. The second-order valence-corrected chi connectivity index (χ2v) is 4.49. The molecule has 1 amide bonds. The van der Waals surface area contributed by atoms with Gasteiger partial charge >= 0.3 is 0 Å². The molecule has 0 saturated heterocycles. The van der Waals surface area contributed by atoms with Gasteiger partial charge in [-0.2, -0.15) is 4.98 Å². The van der Waals surface area contributed by atoms with Crippen LogP contribution in [0.1, 0.15) is 36.3 Å². The molecule has 1 atom stereocenters. The fraction of sp³-hybridized carbons (Fsp3) is 0.700. The number of carbonyl (C=O) groups is 1. The fourth-order valence-corrected chi connectivity index (χ4v) is 1.75. The summed E-state index contributed by atoms with van der Waals surface area (Å²) in [4.78, 5) is 15.7. The SMILES string of the molecule is Cc1nc(C(=O)NC(C)(CN)C2CC2)no1. The average molecular weight is 224 g/mol. The molecule has 6 nitrogen and oxygen atoms in total. The second-order valence-electron chi connectivity index (χ2n) is 4.49. The van der Waals surface area contributed by atoms with Crippen molar-refractivity contribution in [3.63, 3.8) is 0 Å². The third kappa shape index (κ3) is 2.06. The first-order chi connectivity index (χ1) is 7.55. The Hall–Kier alpha value is -1.43. The molecule has 1 saturated carbocycles. The van der Waals surface area contributed by atoms with Crippen LogP contribution < -0.4 is 11.1 Å². The van der Waals surface area contributed by atoms with Crippen molar-refractivity contribution in [2.24, 2.45) is 11.7 Å². The van der Waals surface area contributed by atoms with Crippen molar-refractivity contribution in [3.8, 4) is 0 Å². The Bertz CT molecular complexity index is 399. The van der Waals surface area contributed by atoms with E-state index in [2.05, 4.69) is 15.5 Å². The highest BCUT2D eigenvalue weighted by molar-refractivity contribution is 5.90. The Kier molecular flexibility index (Phi) is 2.67. The van der Waals surface area contributed by atoms with Crippen molar-refractivity contribution in [2.75, 3.05) is 6.54 Å². The van der Waals surface area contributed by atoms with E-state index in [4.69, 9.17) is 10.3 Å². The van der Waals surface area contributed by atoms with Crippen molar-refractivity contribution in [2.45, 2.75) is 32.2 Å². The molecule has 1 aliphatic carbocycles. The number of aryl methyl sites for hydroxylation is 1. The summed E-state index contributed by atoms with van der Waals surface area (Å²) < 4.78 is 4.76.